The minimum Gasteiger partial charge on any atom is -0.497 e. The third-order valence-electron chi connectivity index (χ3n) is 4.02. The van der Waals surface area contributed by atoms with Crippen LogP contribution in [0.1, 0.15) is 37.4 Å². The minimum atomic E-state index is -0.144. The predicted molar refractivity (Wildman–Crippen MR) is 103 cm³/mol. The van der Waals surface area contributed by atoms with Crippen molar-refractivity contribution in [1.82, 2.24) is 5.32 Å². The molecule has 0 saturated carbocycles. The van der Waals surface area contributed by atoms with Crippen LogP contribution in [0.5, 0.6) is 11.5 Å². The van der Waals surface area contributed by atoms with Crippen molar-refractivity contribution in [3.8, 4) is 11.5 Å². The summed E-state index contributed by atoms with van der Waals surface area (Å²) in [7, 11) is 1.64. The van der Waals surface area contributed by atoms with Crippen LogP contribution in [0.15, 0.2) is 46.9 Å². The fourth-order valence-electron chi connectivity index (χ4n) is 2.52. The molecule has 25 heavy (non-hydrogen) atoms. The van der Waals surface area contributed by atoms with E-state index in [1.165, 1.54) is 5.56 Å². The maximum Gasteiger partial charge on any atom is 0.258 e. The topological polar surface area (TPSA) is 47.6 Å². The summed E-state index contributed by atoms with van der Waals surface area (Å²) in [6.07, 6.45) is 1.76. The fraction of sp³-hybridized carbons (Fsp3) is 0.350. The van der Waals surface area contributed by atoms with Gasteiger partial charge in [0.25, 0.3) is 5.91 Å². The number of hydrogen-bond acceptors (Lipinski definition) is 3. The van der Waals surface area contributed by atoms with E-state index < -0.39 is 0 Å². The first-order chi connectivity index (χ1) is 12.1. The smallest absolute Gasteiger partial charge is 0.258 e. The Morgan fingerprint density at radius 2 is 1.88 bits per heavy atom. The Balaban J connectivity index is 1.93. The van der Waals surface area contributed by atoms with E-state index in [-0.39, 0.29) is 18.6 Å². The first-order valence-electron chi connectivity index (χ1n) is 8.41. The lowest BCUT2D eigenvalue weighted by Gasteiger charge is -2.18. The molecule has 0 heterocycles. The maximum absolute atomic E-state index is 12.2. The Hall–Kier alpha value is -2.01. The second-order valence-electron chi connectivity index (χ2n) is 5.71. The number of methoxy groups -OCH3 is 1. The molecule has 2 aromatic rings. The summed E-state index contributed by atoms with van der Waals surface area (Å²) in [6, 6.07) is 13.6. The van der Waals surface area contributed by atoms with E-state index in [1.54, 1.807) is 7.11 Å². The van der Waals surface area contributed by atoms with Gasteiger partial charge in [0.1, 0.15) is 11.5 Å². The van der Waals surface area contributed by atoms with Crippen molar-refractivity contribution in [2.75, 3.05) is 13.7 Å². The van der Waals surface area contributed by atoms with Crippen molar-refractivity contribution in [3.05, 3.63) is 58.1 Å². The van der Waals surface area contributed by atoms with Gasteiger partial charge in [0.15, 0.2) is 6.61 Å². The Labute approximate surface area is 157 Å². The molecule has 2 rings (SSSR count). The third-order valence-corrected chi connectivity index (χ3v) is 4.64. The first kappa shape index (κ1) is 19.3. The van der Waals surface area contributed by atoms with E-state index in [0.717, 1.165) is 28.6 Å². The van der Waals surface area contributed by atoms with Gasteiger partial charge in [0.05, 0.1) is 17.6 Å². The Kier molecular flexibility index (Phi) is 7.31. The van der Waals surface area contributed by atoms with Gasteiger partial charge in [-0.25, -0.2) is 0 Å². The molecule has 0 aliphatic carbocycles. The van der Waals surface area contributed by atoms with Gasteiger partial charge in [-0.3, -0.25) is 4.79 Å². The highest BCUT2D eigenvalue weighted by Crippen LogP contribution is 2.26. The second-order valence-corrected chi connectivity index (χ2v) is 6.56. The SMILES string of the molecule is CCc1ccc(OCC(=O)N[C@@H](CC)c2ccc(OC)cc2)c(Br)c1. The molecular weight excluding hydrogens is 382 g/mol. The number of nitrogens with one attached hydrogen (secondary N) is 1. The van der Waals surface area contributed by atoms with Gasteiger partial charge in [-0.05, 0) is 64.2 Å². The number of carbonyl (C=O) groups excluding carboxylic acids is 1. The standard InChI is InChI=1S/C20H24BrNO3/c1-4-14-6-11-19(17(21)12-14)25-13-20(23)22-18(5-2)15-7-9-16(24-3)10-8-15/h6-12,18H,4-5,13H2,1-3H3,(H,22,23)/t18-/m0/s1. The molecule has 0 aromatic heterocycles. The molecule has 1 N–H and O–H groups in total. The zero-order chi connectivity index (χ0) is 18.2. The zero-order valence-electron chi connectivity index (χ0n) is 14.8. The number of carbonyl (C=O) groups is 1. The summed E-state index contributed by atoms with van der Waals surface area (Å²) in [5.74, 6) is 1.33. The van der Waals surface area contributed by atoms with Gasteiger partial charge in [-0.15, -0.1) is 0 Å². The van der Waals surface area contributed by atoms with Gasteiger partial charge in [0, 0.05) is 0 Å². The highest BCUT2D eigenvalue weighted by molar-refractivity contribution is 9.10. The second kappa shape index (κ2) is 9.47. The number of rotatable bonds is 8. The molecule has 2 aromatic carbocycles. The van der Waals surface area contributed by atoms with Crippen LogP contribution in [0, 0.1) is 0 Å². The molecule has 4 nitrogen and oxygen atoms in total. The van der Waals surface area contributed by atoms with Crippen LogP contribution in [0.2, 0.25) is 0 Å². The molecule has 0 fully saturated rings. The quantitative estimate of drug-likeness (QED) is 0.693. The van der Waals surface area contributed by atoms with Crippen LogP contribution >= 0.6 is 15.9 Å². The first-order valence-corrected chi connectivity index (χ1v) is 9.21. The summed E-state index contributed by atoms with van der Waals surface area (Å²) in [5, 5.41) is 3.01. The van der Waals surface area contributed by atoms with E-state index in [2.05, 4.69) is 28.2 Å². The van der Waals surface area contributed by atoms with Crippen molar-refractivity contribution in [2.45, 2.75) is 32.7 Å². The highest BCUT2D eigenvalue weighted by atomic mass is 79.9. The molecule has 5 heteroatoms. The molecule has 0 bridgehead atoms. The van der Waals surface area contributed by atoms with Crippen molar-refractivity contribution in [3.63, 3.8) is 0 Å². The van der Waals surface area contributed by atoms with Gasteiger partial charge in [-0.2, -0.15) is 0 Å². The maximum atomic E-state index is 12.2. The minimum absolute atomic E-state index is 0.0171. The van der Waals surface area contributed by atoms with E-state index in [9.17, 15) is 4.79 Å². The number of benzene rings is 2. The number of amides is 1. The zero-order valence-corrected chi connectivity index (χ0v) is 16.4. The molecule has 0 spiro atoms. The summed E-state index contributed by atoms with van der Waals surface area (Å²) < 4.78 is 11.7. The number of aryl methyl sites for hydroxylation is 1. The summed E-state index contributed by atoms with van der Waals surface area (Å²) in [4.78, 5) is 12.2. The number of hydrogen-bond donors (Lipinski definition) is 1. The average Bonchev–Trinajstić information content (AvgIpc) is 2.65. The lowest BCUT2D eigenvalue weighted by molar-refractivity contribution is -0.123. The molecule has 1 amide bonds. The van der Waals surface area contributed by atoms with Gasteiger partial charge in [0.2, 0.25) is 0 Å². The fourth-order valence-corrected chi connectivity index (χ4v) is 3.06. The van der Waals surface area contributed by atoms with Crippen LogP contribution in [0.25, 0.3) is 0 Å². The Bertz CT molecular complexity index is 701. The molecule has 134 valence electrons. The lowest BCUT2D eigenvalue weighted by atomic mass is 10.0. The third kappa shape index (κ3) is 5.49. The molecule has 1 atom stereocenters. The van der Waals surface area contributed by atoms with Crippen molar-refractivity contribution in [2.24, 2.45) is 0 Å². The van der Waals surface area contributed by atoms with Crippen molar-refractivity contribution < 1.29 is 14.3 Å². The largest absolute Gasteiger partial charge is 0.497 e. The molecule has 0 aliphatic heterocycles. The van der Waals surface area contributed by atoms with E-state index in [1.807, 2.05) is 49.4 Å². The van der Waals surface area contributed by atoms with E-state index in [4.69, 9.17) is 9.47 Å². The van der Waals surface area contributed by atoms with E-state index >= 15 is 0 Å². The van der Waals surface area contributed by atoms with E-state index in [0.29, 0.717) is 5.75 Å². The van der Waals surface area contributed by atoms with Crippen LogP contribution in [-0.4, -0.2) is 19.6 Å². The summed E-state index contributed by atoms with van der Waals surface area (Å²) in [6.45, 7) is 4.12. The average molecular weight is 406 g/mol. The monoisotopic (exact) mass is 405 g/mol. The van der Waals surface area contributed by atoms with Gasteiger partial charge >= 0.3 is 0 Å². The predicted octanol–water partition coefficient (Wildman–Crippen LogP) is 4.67. The molecule has 0 unspecified atom stereocenters. The molecule has 0 saturated heterocycles. The Morgan fingerprint density at radius 3 is 2.44 bits per heavy atom. The number of ether oxygens (including phenoxy) is 2. The van der Waals surface area contributed by atoms with Crippen molar-refractivity contribution >= 4 is 21.8 Å². The summed E-state index contributed by atoms with van der Waals surface area (Å²) >= 11 is 3.48. The molecule has 0 aliphatic rings. The van der Waals surface area contributed by atoms with Crippen LogP contribution < -0.4 is 14.8 Å². The lowest BCUT2D eigenvalue weighted by Crippen LogP contribution is -2.32. The molecule has 0 radical (unpaired) electrons. The normalized spacial score (nSPS) is 11.7. The van der Waals surface area contributed by atoms with Crippen LogP contribution in [0.4, 0.5) is 0 Å². The highest BCUT2D eigenvalue weighted by Gasteiger charge is 2.14. The Morgan fingerprint density at radius 1 is 1.16 bits per heavy atom. The van der Waals surface area contributed by atoms with Crippen LogP contribution in [-0.2, 0) is 11.2 Å². The van der Waals surface area contributed by atoms with Crippen molar-refractivity contribution in [1.29, 1.82) is 0 Å². The van der Waals surface area contributed by atoms with Crippen LogP contribution in [0.3, 0.4) is 0 Å². The van der Waals surface area contributed by atoms with Gasteiger partial charge < -0.3 is 14.8 Å². The number of halogens is 1. The van der Waals surface area contributed by atoms with Gasteiger partial charge in [-0.1, -0.05) is 32.0 Å². The summed E-state index contributed by atoms with van der Waals surface area (Å²) in [5.41, 5.74) is 2.26. The molecular formula is C20H24BrNO3.